The average molecular weight is 443 g/mol. The van der Waals surface area contributed by atoms with E-state index in [4.69, 9.17) is 9.15 Å². The molecule has 0 aliphatic rings. The van der Waals surface area contributed by atoms with Gasteiger partial charge >= 0.3 is 0 Å². The maximum absolute atomic E-state index is 12.5. The molecule has 0 bridgehead atoms. The molecule has 164 valence electrons. The number of hydrogen-bond donors (Lipinski definition) is 2. The van der Waals surface area contributed by atoms with Gasteiger partial charge in [-0.2, -0.15) is 0 Å². The molecule has 0 saturated carbocycles. The molecule has 8 heteroatoms. The molecular formula is C23H26N2O5S. The van der Waals surface area contributed by atoms with E-state index in [0.29, 0.717) is 17.2 Å². The highest BCUT2D eigenvalue weighted by Crippen LogP contribution is 2.19. The highest BCUT2D eigenvalue weighted by Gasteiger charge is 2.22. The van der Waals surface area contributed by atoms with Gasteiger partial charge in [0.15, 0.2) is 5.76 Å². The zero-order chi connectivity index (χ0) is 22.6. The van der Waals surface area contributed by atoms with E-state index < -0.39 is 21.5 Å². The minimum atomic E-state index is -3.71. The van der Waals surface area contributed by atoms with E-state index in [1.807, 2.05) is 31.2 Å². The van der Waals surface area contributed by atoms with Crippen LogP contribution in [-0.4, -0.2) is 19.9 Å². The normalized spacial score (nSPS) is 11.9. The van der Waals surface area contributed by atoms with Gasteiger partial charge < -0.3 is 14.5 Å². The Kier molecular flexibility index (Phi) is 6.52. The Hall–Kier alpha value is -3.10. The first kappa shape index (κ1) is 22.6. The van der Waals surface area contributed by atoms with Crippen molar-refractivity contribution in [1.82, 2.24) is 4.72 Å². The number of furan rings is 1. The molecule has 0 fully saturated rings. The summed E-state index contributed by atoms with van der Waals surface area (Å²) in [6.07, 6.45) is 0. The van der Waals surface area contributed by atoms with Crippen molar-refractivity contribution < 1.29 is 22.4 Å². The van der Waals surface area contributed by atoms with Crippen LogP contribution in [0.2, 0.25) is 0 Å². The molecule has 0 unspecified atom stereocenters. The fourth-order valence-corrected chi connectivity index (χ4v) is 4.23. The predicted octanol–water partition coefficient (Wildman–Crippen LogP) is 4.50. The minimum Gasteiger partial charge on any atom is -0.486 e. The average Bonchev–Trinajstić information content (AvgIpc) is 3.15. The van der Waals surface area contributed by atoms with E-state index in [0.717, 1.165) is 5.56 Å². The Morgan fingerprint density at radius 2 is 1.74 bits per heavy atom. The van der Waals surface area contributed by atoms with Crippen LogP contribution in [0.4, 0.5) is 5.69 Å². The number of aryl methyl sites for hydroxylation is 1. The van der Waals surface area contributed by atoms with Gasteiger partial charge in [0.2, 0.25) is 10.0 Å². The summed E-state index contributed by atoms with van der Waals surface area (Å²) >= 11 is 0. The van der Waals surface area contributed by atoms with Crippen LogP contribution in [0.25, 0.3) is 0 Å². The molecular weight excluding hydrogens is 416 g/mol. The van der Waals surface area contributed by atoms with Crippen molar-refractivity contribution in [2.24, 2.45) is 0 Å². The number of carbonyl (C=O) groups is 1. The maximum atomic E-state index is 12.5. The second-order valence-electron chi connectivity index (χ2n) is 8.21. The van der Waals surface area contributed by atoms with Crippen molar-refractivity contribution in [2.45, 2.75) is 44.7 Å². The second kappa shape index (κ2) is 8.95. The quantitative estimate of drug-likeness (QED) is 0.562. The zero-order valence-electron chi connectivity index (χ0n) is 17.9. The molecule has 2 N–H and O–H groups in total. The fraction of sp³-hybridized carbons (Fsp3) is 0.261. The topological polar surface area (TPSA) is 97.6 Å². The third-order valence-electron chi connectivity index (χ3n) is 4.13. The van der Waals surface area contributed by atoms with Crippen molar-refractivity contribution in [3.05, 3.63) is 77.7 Å². The van der Waals surface area contributed by atoms with Gasteiger partial charge in [0.25, 0.3) is 5.91 Å². The van der Waals surface area contributed by atoms with E-state index in [-0.39, 0.29) is 17.3 Å². The Morgan fingerprint density at radius 3 is 2.42 bits per heavy atom. The first-order chi connectivity index (χ1) is 14.5. The molecule has 1 heterocycles. The van der Waals surface area contributed by atoms with Gasteiger partial charge in [-0.05, 0) is 70.2 Å². The van der Waals surface area contributed by atoms with Crippen molar-refractivity contribution >= 4 is 21.6 Å². The molecule has 0 atom stereocenters. The molecule has 0 saturated heterocycles. The second-order valence-corrected chi connectivity index (χ2v) is 9.89. The van der Waals surface area contributed by atoms with Crippen molar-refractivity contribution in [2.75, 3.05) is 5.32 Å². The molecule has 3 aromatic rings. The van der Waals surface area contributed by atoms with Crippen LogP contribution in [0.1, 0.15) is 42.6 Å². The Labute approximate surface area is 182 Å². The lowest BCUT2D eigenvalue weighted by Crippen LogP contribution is -2.40. The summed E-state index contributed by atoms with van der Waals surface area (Å²) in [5.41, 5.74) is 0.856. The van der Waals surface area contributed by atoms with E-state index >= 15 is 0 Å². The van der Waals surface area contributed by atoms with Crippen LogP contribution >= 0.6 is 0 Å². The summed E-state index contributed by atoms with van der Waals surface area (Å²) in [6, 6.07) is 16.9. The van der Waals surface area contributed by atoms with Crippen molar-refractivity contribution in [3.8, 4) is 5.75 Å². The van der Waals surface area contributed by atoms with Crippen LogP contribution < -0.4 is 14.8 Å². The summed E-state index contributed by atoms with van der Waals surface area (Å²) in [5, 5.41) is 2.66. The lowest BCUT2D eigenvalue weighted by Gasteiger charge is -2.20. The smallest absolute Gasteiger partial charge is 0.291 e. The van der Waals surface area contributed by atoms with Crippen LogP contribution in [0.5, 0.6) is 5.75 Å². The number of hydrogen-bond acceptors (Lipinski definition) is 5. The zero-order valence-corrected chi connectivity index (χ0v) is 18.7. The first-order valence-corrected chi connectivity index (χ1v) is 11.2. The fourth-order valence-electron chi connectivity index (χ4n) is 2.76. The molecule has 31 heavy (non-hydrogen) atoms. The van der Waals surface area contributed by atoms with Crippen LogP contribution in [-0.2, 0) is 16.6 Å². The van der Waals surface area contributed by atoms with Gasteiger partial charge in [0, 0.05) is 11.2 Å². The molecule has 1 aromatic heterocycles. The molecule has 0 aliphatic carbocycles. The number of rotatable bonds is 7. The number of carbonyl (C=O) groups excluding carboxylic acids is 1. The molecule has 7 nitrogen and oxygen atoms in total. The summed E-state index contributed by atoms with van der Waals surface area (Å²) in [7, 11) is -3.71. The summed E-state index contributed by atoms with van der Waals surface area (Å²) < 4.78 is 38.8. The van der Waals surface area contributed by atoms with E-state index in [1.54, 1.807) is 45.0 Å². The predicted molar refractivity (Wildman–Crippen MR) is 119 cm³/mol. The van der Waals surface area contributed by atoms with Gasteiger partial charge in [0.05, 0.1) is 4.90 Å². The van der Waals surface area contributed by atoms with Crippen molar-refractivity contribution in [1.29, 1.82) is 0 Å². The third-order valence-corrected chi connectivity index (χ3v) is 5.89. The Morgan fingerprint density at radius 1 is 1.03 bits per heavy atom. The highest BCUT2D eigenvalue weighted by atomic mass is 32.2. The third kappa shape index (κ3) is 6.44. The lowest BCUT2D eigenvalue weighted by molar-refractivity contribution is 0.0992. The lowest BCUT2D eigenvalue weighted by atomic mass is 10.1. The van der Waals surface area contributed by atoms with E-state index in [1.165, 1.54) is 12.1 Å². The largest absolute Gasteiger partial charge is 0.486 e. The van der Waals surface area contributed by atoms with Gasteiger partial charge in [-0.25, -0.2) is 13.1 Å². The summed E-state index contributed by atoms with van der Waals surface area (Å²) in [6.45, 7) is 7.45. The number of sulfonamides is 1. The molecule has 0 spiro atoms. The molecule has 1 amide bonds. The van der Waals surface area contributed by atoms with E-state index in [9.17, 15) is 13.2 Å². The highest BCUT2D eigenvalue weighted by molar-refractivity contribution is 7.89. The number of anilines is 1. The number of ether oxygens (including phenoxy) is 1. The maximum Gasteiger partial charge on any atom is 0.291 e. The molecule has 0 aliphatic heterocycles. The van der Waals surface area contributed by atoms with Crippen LogP contribution in [0.3, 0.4) is 0 Å². The van der Waals surface area contributed by atoms with Gasteiger partial charge in [-0.15, -0.1) is 0 Å². The van der Waals surface area contributed by atoms with Crippen LogP contribution in [0, 0.1) is 6.92 Å². The molecule has 2 aromatic carbocycles. The number of benzene rings is 2. The summed E-state index contributed by atoms with van der Waals surface area (Å²) in [5.74, 6) is 0.815. The van der Waals surface area contributed by atoms with Crippen LogP contribution in [0.15, 0.2) is 70.0 Å². The van der Waals surface area contributed by atoms with Gasteiger partial charge in [0.1, 0.15) is 18.1 Å². The standard InChI is InChI=1S/C23H26N2O5S/c1-16-8-10-18(11-9-16)29-15-19-12-13-21(30-19)22(26)24-17-6-5-7-20(14-17)31(27,28)25-23(2,3)4/h5-14,25H,15H2,1-4H3,(H,24,26). The molecule has 3 rings (SSSR count). The number of amides is 1. The van der Waals surface area contributed by atoms with Gasteiger partial charge in [-0.1, -0.05) is 23.8 Å². The minimum absolute atomic E-state index is 0.0619. The SMILES string of the molecule is Cc1ccc(OCc2ccc(C(=O)Nc3cccc(S(=O)(=O)NC(C)(C)C)c3)o2)cc1. The summed E-state index contributed by atoms with van der Waals surface area (Å²) in [4.78, 5) is 12.6. The molecule has 0 radical (unpaired) electrons. The Balaban J connectivity index is 1.65. The van der Waals surface area contributed by atoms with Crippen molar-refractivity contribution in [3.63, 3.8) is 0 Å². The number of nitrogens with one attached hydrogen (secondary N) is 2. The Bertz CT molecular complexity index is 1160. The first-order valence-electron chi connectivity index (χ1n) is 9.75. The monoisotopic (exact) mass is 442 g/mol. The van der Waals surface area contributed by atoms with E-state index in [2.05, 4.69) is 10.0 Å². The van der Waals surface area contributed by atoms with Gasteiger partial charge in [-0.3, -0.25) is 4.79 Å².